The van der Waals surface area contributed by atoms with Crippen molar-refractivity contribution in [3.05, 3.63) is 41.0 Å². The quantitative estimate of drug-likeness (QED) is 0.729. The zero-order valence-corrected chi connectivity index (χ0v) is 8.54. The molecule has 0 nitrogen and oxygen atoms in total. The number of rotatable bonds is 2. The Morgan fingerprint density at radius 1 is 1.38 bits per heavy atom. The minimum atomic E-state index is -0.259. The molecule has 1 aliphatic heterocycles. The van der Waals surface area contributed by atoms with Crippen LogP contribution >= 0.6 is 23.4 Å². The molecular weight excluding hydrogens is 207 g/mol. The Morgan fingerprint density at radius 2 is 2.15 bits per heavy atom. The van der Waals surface area contributed by atoms with Crippen LogP contribution in [0.3, 0.4) is 0 Å². The average Bonchev–Trinajstić information content (AvgIpc) is 1.95. The Hall–Kier alpha value is -0.210. The lowest BCUT2D eigenvalue weighted by Crippen LogP contribution is -2.18. The zero-order chi connectivity index (χ0) is 9.26. The Morgan fingerprint density at radius 3 is 2.69 bits per heavy atom. The molecule has 0 amide bonds. The van der Waals surface area contributed by atoms with Crippen molar-refractivity contribution in [1.82, 2.24) is 0 Å². The second-order valence-electron chi connectivity index (χ2n) is 3.17. The van der Waals surface area contributed by atoms with Crippen molar-refractivity contribution in [2.24, 2.45) is 5.92 Å². The molecule has 13 heavy (non-hydrogen) atoms. The minimum absolute atomic E-state index is 0.259. The fourth-order valence-electron chi connectivity index (χ4n) is 1.29. The molecule has 1 aromatic rings. The summed E-state index contributed by atoms with van der Waals surface area (Å²) < 4.78 is 12.9. The molecule has 0 bridgehead atoms. The second-order valence-corrected chi connectivity index (χ2v) is 4.68. The first-order chi connectivity index (χ1) is 6.24. The molecule has 1 aromatic carbocycles. The SMILES string of the molecule is Fc1cc(Cl)cc([CH]C2CSC2)c1. The Kier molecular flexibility index (Phi) is 2.80. The molecule has 1 heterocycles. The van der Waals surface area contributed by atoms with Gasteiger partial charge in [0.1, 0.15) is 5.82 Å². The van der Waals surface area contributed by atoms with Crippen LogP contribution in [-0.4, -0.2) is 11.5 Å². The van der Waals surface area contributed by atoms with Crippen LogP contribution < -0.4 is 0 Å². The van der Waals surface area contributed by atoms with E-state index in [1.165, 1.54) is 12.1 Å². The van der Waals surface area contributed by atoms with E-state index in [0.29, 0.717) is 10.9 Å². The van der Waals surface area contributed by atoms with Crippen LogP contribution in [0.25, 0.3) is 0 Å². The van der Waals surface area contributed by atoms with E-state index in [1.54, 1.807) is 6.07 Å². The fourth-order valence-corrected chi connectivity index (χ4v) is 2.22. The summed E-state index contributed by atoms with van der Waals surface area (Å²) in [5, 5.41) is 0.471. The summed E-state index contributed by atoms with van der Waals surface area (Å²) in [7, 11) is 0. The topological polar surface area (TPSA) is 0 Å². The molecule has 2 rings (SSSR count). The van der Waals surface area contributed by atoms with E-state index < -0.39 is 0 Å². The highest BCUT2D eigenvalue weighted by atomic mass is 35.5. The number of benzene rings is 1. The molecule has 0 N–H and O–H groups in total. The maximum absolute atomic E-state index is 12.9. The largest absolute Gasteiger partial charge is 0.207 e. The Bertz CT molecular complexity index is 290. The van der Waals surface area contributed by atoms with Gasteiger partial charge in [0.05, 0.1) is 0 Å². The maximum Gasteiger partial charge on any atom is 0.124 e. The summed E-state index contributed by atoms with van der Waals surface area (Å²) in [5.41, 5.74) is 0.898. The van der Waals surface area contributed by atoms with E-state index in [-0.39, 0.29) is 5.82 Å². The molecule has 0 spiro atoms. The monoisotopic (exact) mass is 215 g/mol. The number of halogens is 2. The van der Waals surface area contributed by atoms with Crippen LogP contribution in [-0.2, 0) is 0 Å². The van der Waals surface area contributed by atoms with Crippen molar-refractivity contribution in [3.63, 3.8) is 0 Å². The summed E-state index contributed by atoms with van der Waals surface area (Å²) in [6.45, 7) is 0. The standard InChI is InChI=1S/C10H9ClFS/c11-9-2-7(3-10(12)4-9)1-8-5-13-6-8/h1-4,8H,5-6H2. The van der Waals surface area contributed by atoms with Gasteiger partial charge in [0.15, 0.2) is 0 Å². The van der Waals surface area contributed by atoms with E-state index in [1.807, 2.05) is 11.8 Å². The summed E-state index contributed by atoms with van der Waals surface area (Å²) in [6.07, 6.45) is 2.09. The lowest BCUT2D eigenvalue weighted by atomic mass is 10.0. The Labute approximate surface area is 86.5 Å². The highest BCUT2D eigenvalue weighted by Crippen LogP contribution is 2.30. The predicted molar refractivity (Wildman–Crippen MR) is 55.6 cm³/mol. The van der Waals surface area contributed by atoms with Gasteiger partial charge in [-0.3, -0.25) is 0 Å². The third-order valence-corrected chi connectivity index (χ3v) is 3.52. The first-order valence-electron chi connectivity index (χ1n) is 4.13. The summed E-state index contributed by atoms with van der Waals surface area (Å²) in [4.78, 5) is 0. The van der Waals surface area contributed by atoms with Crippen molar-refractivity contribution < 1.29 is 4.39 Å². The van der Waals surface area contributed by atoms with Crippen LogP contribution in [0.2, 0.25) is 5.02 Å². The fraction of sp³-hybridized carbons (Fsp3) is 0.300. The van der Waals surface area contributed by atoms with Gasteiger partial charge in [-0.2, -0.15) is 11.8 Å². The highest BCUT2D eigenvalue weighted by molar-refractivity contribution is 8.00. The summed E-state index contributed by atoms with van der Waals surface area (Å²) in [5.74, 6) is 2.64. The molecule has 0 atom stereocenters. The molecule has 0 unspecified atom stereocenters. The first kappa shape index (κ1) is 9.35. The molecule has 1 aliphatic rings. The predicted octanol–water partition coefficient (Wildman–Crippen LogP) is 3.39. The van der Waals surface area contributed by atoms with Gasteiger partial charge in [-0.25, -0.2) is 4.39 Å². The van der Waals surface area contributed by atoms with E-state index in [0.717, 1.165) is 17.1 Å². The number of thioether (sulfide) groups is 1. The van der Waals surface area contributed by atoms with Gasteiger partial charge >= 0.3 is 0 Å². The van der Waals surface area contributed by atoms with Crippen molar-refractivity contribution in [3.8, 4) is 0 Å². The molecule has 1 radical (unpaired) electrons. The third kappa shape index (κ3) is 2.38. The number of hydrogen-bond acceptors (Lipinski definition) is 1. The smallest absolute Gasteiger partial charge is 0.124 e. The van der Waals surface area contributed by atoms with Crippen LogP contribution in [0.1, 0.15) is 5.56 Å². The van der Waals surface area contributed by atoms with Crippen LogP contribution in [0.4, 0.5) is 4.39 Å². The van der Waals surface area contributed by atoms with Gasteiger partial charge in [0.2, 0.25) is 0 Å². The van der Waals surface area contributed by atoms with E-state index in [9.17, 15) is 4.39 Å². The van der Waals surface area contributed by atoms with Crippen LogP contribution in [0.5, 0.6) is 0 Å². The molecule has 0 saturated carbocycles. The van der Waals surface area contributed by atoms with Crippen molar-refractivity contribution in [2.45, 2.75) is 0 Å². The van der Waals surface area contributed by atoms with Gasteiger partial charge in [0.25, 0.3) is 0 Å². The molecule has 3 heteroatoms. The molecule has 1 fully saturated rings. The van der Waals surface area contributed by atoms with E-state index >= 15 is 0 Å². The summed E-state index contributed by atoms with van der Waals surface area (Å²) >= 11 is 7.64. The van der Waals surface area contributed by atoms with Crippen LogP contribution in [0, 0.1) is 18.2 Å². The molecular formula is C10H9ClFS. The molecule has 0 aromatic heterocycles. The molecule has 1 saturated heterocycles. The second kappa shape index (κ2) is 3.89. The van der Waals surface area contributed by atoms with Crippen molar-refractivity contribution in [2.75, 3.05) is 11.5 Å². The Balaban J connectivity index is 2.10. The molecule has 0 aliphatic carbocycles. The number of hydrogen-bond donors (Lipinski definition) is 0. The van der Waals surface area contributed by atoms with Crippen LogP contribution in [0.15, 0.2) is 18.2 Å². The zero-order valence-electron chi connectivity index (χ0n) is 6.97. The lowest BCUT2D eigenvalue weighted by Gasteiger charge is -2.24. The third-order valence-electron chi connectivity index (χ3n) is 1.98. The van der Waals surface area contributed by atoms with Gasteiger partial charge in [0, 0.05) is 5.02 Å². The van der Waals surface area contributed by atoms with E-state index in [4.69, 9.17) is 11.6 Å². The maximum atomic E-state index is 12.9. The van der Waals surface area contributed by atoms with Gasteiger partial charge in [-0.1, -0.05) is 11.6 Å². The van der Waals surface area contributed by atoms with Gasteiger partial charge in [-0.15, -0.1) is 0 Å². The highest BCUT2D eigenvalue weighted by Gasteiger charge is 2.18. The summed E-state index contributed by atoms with van der Waals surface area (Å²) in [6, 6.07) is 4.65. The average molecular weight is 216 g/mol. The van der Waals surface area contributed by atoms with Crippen molar-refractivity contribution in [1.29, 1.82) is 0 Å². The normalized spacial score (nSPS) is 17.1. The first-order valence-corrected chi connectivity index (χ1v) is 5.66. The van der Waals surface area contributed by atoms with Gasteiger partial charge < -0.3 is 0 Å². The lowest BCUT2D eigenvalue weighted by molar-refractivity contribution is 0.625. The minimum Gasteiger partial charge on any atom is -0.207 e. The van der Waals surface area contributed by atoms with E-state index in [2.05, 4.69) is 6.42 Å². The molecule has 69 valence electrons. The van der Waals surface area contributed by atoms with Gasteiger partial charge in [-0.05, 0) is 47.6 Å². The van der Waals surface area contributed by atoms with Crippen molar-refractivity contribution >= 4 is 23.4 Å².